The number of nitrogens with zero attached hydrogens (tertiary/aromatic N) is 4. The van der Waals surface area contributed by atoms with E-state index in [0.717, 1.165) is 12.8 Å². The molecule has 3 N–H and O–H groups in total. The Hall–Kier alpha value is -3.70. The molecule has 4 rings (SSSR count). The molecule has 0 bridgehead atoms. The number of sulfone groups is 1. The lowest BCUT2D eigenvalue weighted by Gasteiger charge is -2.36. The fourth-order valence-electron chi connectivity index (χ4n) is 4.32. The molecule has 39 heavy (non-hydrogen) atoms. The maximum Gasteiger partial charge on any atom is 0.296 e. The van der Waals surface area contributed by atoms with E-state index in [4.69, 9.17) is 0 Å². The summed E-state index contributed by atoms with van der Waals surface area (Å²) in [5.74, 6) is -0.401. The number of para-hydroxylation sites is 1. The average Bonchev–Trinajstić information content (AvgIpc) is 2.99. The molecule has 0 saturated carbocycles. The van der Waals surface area contributed by atoms with E-state index in [1.165, 1.54) is 11.7 Å². The van der Waals surface area contributed by atoms with Crippen molar-refractivity contribution >= 4 is 27.1 Å². The summed E-state index contributed by atoms with van der Waals surface area (Å²) in [5.41, 5.74) is 6.19. The maximum absolute atomic E-state index is 13.4. The summed E-state index contributed by atoms with van der Waals surface area (Å²) >= 11 is 0. The molecule has 1 saturated heterocycles. The number of nitrogens with two attached hydrogens (primary N) is 1. The van der Waals surface area contributed by atoms with Gasteiger partial charge in [-0.3, -0.25) is 9.59 Å². The fraction of sp³-hybridized carbons (Fsp3) is 0.393. The highest BCUT2D eigenvalue weighted by Crippen LogP contribution is 2.24. The van der Waals surface area contributed by atoms with E-state index in [1.807, 2.05) is 30.3 Å². The van der Waals surface area contributed by atoms with Crippen LogP contribution in [-0.2, 0) is 14.6 Å². The zero-order valence-electron chi connectivity index (χ0n) is 22.6. The first-order valence-corrected chi connectivity index (χ1v) is 14.9. The van der Waals surface area contributed by atoms with E-state index in [1.54, 1.807) is 41.4 Å². The number of aromatic nitrogens is 2. The van der Waals surface area contributed by atoms with Gasteiger partial charge in [-0.1, -0.05) is 49.7 Å². The first kappa shape index (κ1) is 29.9. The summed E-state index contributed by atoms with van der Waals surface area (Å²) < 4.78 is 26.5. The van der Waals surface area contributed by atoms with Crippen LogP contribution in [0.3, 0.4) is 0 Å². The molecule has 0 spiro atoms. The van der Waals surface area contributed by atoms with Crippen LogP contribution in [-0.4, -0.2) is 74.5 Å². The van der Waals surface area contributed by atoms with Gasteiger partial charge in [0.1, 0.15) is 5.69 Å². The van der Waals surface area contributed by atoms with Crippen LogP contribution in [0.5, 0.6) is 0 Å². The summed E-state index contributed by atoms with van der Waals surface area (Å²) in [5, 5.41) is 7.74. The second-order valence-corrected chi connectivity index (χ2v) is 11.1. The van der Waals surface area contributed by atoms with Crippen molar-refractivity contribution in [3.8, 4) is 5.69 Å². The number of piperazine rings is 1. The quantitative estimate of drug-likeness (QED) is 0.366. The molecular formula is C28H38N6O4S. The smallest absolute Gasteiger partial charge is 0.296 e. The number of hydrogen-bond acceptors (Lipinski definition) is 8. The van der Waals surface area contributed by atoms with Crippen LogP contribution in [0.15, 0.2) is 76.6 Å². The minimum atomic E-state index is -3.51. The number of carbonyl (C=O) groups excluding carboxylic acids is 1. The number of hydrogen-bond donors (Lipinski definition) is 2. The summed E-state index contributed by atoms with van der Waals surface area (Å²) in [7, 11) is -2.01. The molecule has 0 radical (unpaired) electrons. The van der Waals surface area contributed by atoms with Gasteiger partial charge in [-0.2, -0.15) is 9.78 Å². The SMILES string of the molecule is CCCCNc1c(N2CCN(C(=O)CCS(=O)(=O)c3ccccc3)CC2)cnn(-c2ccccc2)c1=O.CN. The third-order valence-electron chi connectivity index (χ3n) is 6.45. The Labute approximate surface area is 230 Å². The van der Waals surface area contributed by atoms with E-state index in [2.05, 4.69) is 28.0 Å². The van der Waals surface area contributed by atoms with Crippen LogP contribution >= 0.6 is 0 Å². The standard InChI is InChI=1S/C27H33N5O4S.CH5N/c1-2-3-15-28-26-24(21-29-32(27(26)34)22-10-6-4-7-11-22)30-16-18-31(19-17-30)25(33)14-20-37(35,36)23-12-8-5-9-13-23;1-2/h4-13,21,28H,2-3,14-20H2,1H3;2H2,1H3. The predicted molar refractivity (Wildman–Crippen MR) is 155 cm³/mol. The van der Waals surface area contributed by atoms with Crippen molar-refractivity contribution in [3.63, 3.8) is 0 Å². The first-order chi connectivity index (χ1) is 18.9. The van der Waals surface area contributed by atoms with Crippen molar-refractivity contribution in [3.05, 3.63) is 77.2 Å². The molecular weight excluding hydrogens is 516 g/mol. The summed E-state index contributed by atoms with van der Waals surface area (Å²) in [6.07, 6.45) is 3.57. The highest BCUT2D eigenvalue weighted by atomic mass is 32.2. The number of nitrogens with one attached hydrogen (secondary N) is 1. The zero-order chi connectivity index (χ0) is 28.3. The van der Waals surface area contributed by atoms with E-state index in [-0.39, 0.29) is 28.5 Å². The van der Waals surface area contributed by atoms with Crippen molar-refractivity contribution in [1.82, 2.24) is 14.7 Å². The number of rotatable bonds is 10. The summed E-state index contributed by atoms with van der Waals surface area (Å²) in [6.45, 7) is 4.71. The zero-order valence-corrected chi connectivity index (χ0v) is 23.4. The van der Waals surface area contributed by atoms with Crippen LogP contribution in [0.25, 0.3) is 5.69 Å². The highest BCUT2D eigenvalue weighted by molar-refractivity contribution is 7.91. The van der Waals surface area contributed by atoms with E-state index >= 15 is 0 Å². The predicted octanol–water partition coefficient (Wildman–Crippen LogP) is 2.53. The van der Waals surface area contributed by atoms with Crippen molar-refractivity contribution in [2.24, 2.45) is 5.73 Å². The Balaban J connectivity index is 0.00000205. The van der Waals surface area contributed by atoms with Crippen LogP contribution in [0.1, 0.15) is 26.2 Å². The fourth-order valence-corrected chi connectivity index (χ4v) is 5.57. The summed E-state index contributed by atoms with van der Waals surface area (Å²) in [4.78, 5) is 30.1. The Morgan fingerprint density at radius 2 is 1.59 bits per heavy atom. The monoisotopic (exact) mass is 554 g/mol. The van der Waals surface area contributed by atoms with Crippen LogP contribution in [0.4, 0.5) is 11.4 Å². The molecule has 1 aliphatic heterocycles. The van der Waals surface area contributed by atoms with E-state index in [0.29, 0.717) is 49.8 Å². The van der Waals surface area contributed by atoms with Gasteiger partial charge >= 0.3 is 0 Å². The normalized spacial score (nSPS) is 13.4. The van der Waals surface area contributed by atoms with Gasteiger partial charge < -0.3 is 20.9 Å². The van der Waals surface area contributed by atoms with Crippen molar-refractivity contribution in [1.29, 1.82) is 0 Å². The van der Waals surface area contributed by atoms with E-state index < -0.39 is 9.84 Å². The molecule has 0 unspecified atom stereocenters. The summed E-state index contributed by atoms with van der Waals surface area (Å²) in [6, 6.07) is 17.5. The Morgan fingerprint density at radius 1 is 0.974 bits per heavy atom. The Bertz CT molecular complexity index is 1360. The van der Waals surface area contributed by atoms with Crippen molar-refractivity contribution < 1.29 is 13.2 Å². The third kappa shape index (κ3) is 7.67. The molecule has 1 aromatic heterocycles. The number of amides is 1. The minimum Gasteiger partial charge on any atom is -0.379 e. The van der Waals surface area contributed by atoms with Gasteiger partial charge in [-0.25, -0.2) is 8.42 Å². The van der Waals surface area contributed by atoms with E-state index in [9.17, 15) is 18.0 Å². The molecule has 1 amide bonds. The lowest BCUT2D eigenvalue weighted by Crippen LogP contribution is -2.49. The van der Waals surface area contributed by atoms with Crippen molar-refractivity contribution in [2.75, 3.05) is 55.7 Å². The second kappa shape index (κ2) is 14.5. The Morgan fingerprint density at radius 3 is 2.21 bits per heavy atom. The molecule has 1 fully saturated rings. The van der Waals surface area contributed by atoms with Gasteiger partial charge in [-0.05, 0) is 37.7 Å². The molecule has 10 nitrogen and oxygen atoms in total. The molecule has 2 heterocycles. The first-order valence-electron chi connectivity index (χ1n) is 13.2. The van der Waals surface area contributed by atoms with Gasteiger partial charge in [0.25, 0.3) is 5.56 Å². The van der Waals surface area contributed by atoms with Crippen LogP contribution in [0, 0.1) is 0 Å². The second-order valence-electron chi connectivity index (χ2n) is 8.99. The molecule has 0 atom stereocenters. The number of carbonyl (C=O) groups is 1. The number of benzene rings is 2. The minimum absolute atomic E-state index is 0.0598. The number of anilines is 2. The lowest BCUT2D eigenvalue weighted by atomic mass is 10.2. The number of unbranched alkanes of at least 4 members (excludes halogenated alkanes) is 1. The lowest BCUT2D eigenvalue weighted by molar-refractivity contribution is -0.131. The van der Waals surface area contributed by atoms with Crippen LogP contribution < -0.4 is 21.5 Å². The van der Waals surface area contributed by atoms with Gasteiger partial charge in [0.2, 0.25) is 5.91 Å². The Kier molecular flexibility index (Phi) is 11.1. The average molecular weight is 555 g/mol. The molecule has 1 aliphatic rings. The van der Waals surface area contributed by atoms with Gasteiger partial charge in [-0.15, -0.1) is 0 Å². The topological polar surface area (TPSA) is 131 Å². The largest absolute Gasteiger partial charge is 0.379 e. The highest BCUT2D eigenvalue weighted by Gasteiger charge is 2.26. The molecule has 2 aromatic carbocycles. The molecule has 210 valence electrons. The maximum atomic E-state index is 13.4. The molecule has 3 aromatic rings. The van der Waals surface area contributed by atoms with Crippen molar-refractivity contribution in [2.45, 2.75) is 31.1 Å². The van der Waals surface area contributed by atoms with Gasteiger partial charge in [0, 0.05) is 39.1 Å². The van der Waals surface area contributed by atoms with Gasteiger partial charge in [0.05, 0.1) is 28.2 Å². The van der Waals surface area contributed by atoms with Crippen LogP contribution in [0.2, 0.25) is 0 Å². The molecule has 0 aliphatic carbocycles. The third-order valence-corrected chi connectivity index (χ3v) is 8.18. The van der Waals surface area contributed by atoms with Gasteiger partial charge in [0.15, 0.2) is 9.84 Å². The molecule has 11 heteroatoms.